The molecule has 0 saturated heterocycles. The van der Waals surface area contributed by atoms with Gasteiger partial charge in [-0.1, -0.05) is 90.6 Å². The van der Waals surface area contributed by atoms with E-state index in [2.05, 4.69) is 5.32 Å². The Labute approximate surface area is 251 Å². The van der Waals surface area contributed by atoms with Crippen LogP contribution in [0.25, 0.3) is 0 Å². The Balaban J connectivity index is 2.08. The SMILES string of the molecule is CCCCNC(=O)C(Cc1ccccc1)N(Cc1c(Cl)cccc1Cl)C(=O)CN(c1cccc(Cl)c1)S(C)(=O)=O. The van der Waals surface area contributed by atoms with Crippen molar-refractivity contribution in [2.75, 3.05) is 23.7 Å². The monoisotopic (exact) mass is 623 g/mol. The van der Waals surface area contributed by atoms with E-state index in [1.165, 1.54) is 11.0 Å². The molecule has 0 aromatic heterocycles. The number of halogens is 3. The maximum atomic E-state index is 14.1. The molecular formula is C29H32Cl3N3O4S. The lowest BCUT2D eigenvalue weighted by Gasteiger charge is -2.34. The third kappa shape index (κ3) is 8.86. The predicted molar refractivity (Wildman–Crippen MR) is 163 cm³/mol. The fourth-order valence-corrected chi connectivity index (χ4v) is 5.70. The van der Waals surface area contributed by atoms with Crippen molar-refractivity contribution < 1.29 is 18.0 Å². The number of carbonyl (C=O) groups excluding carboxylic acids is 2. The van der Waals surface area contributed by atoms with Crippen LogP contribution in [0.15, 0.2) is 72.8 Å². The molecule has 0 spiro atoms. The number of nitrogens with one attached hydrogen (secondary N) is 1. The lowest BCUT2D eigenvalue weighted by atomic mass is 10.0. The molecule has 7 nitrogen and oxygen atoms in total. The van der Waals surface area contributed by atoms with Gasteiger partial charge in [-0.25, -0.2) is 8.42 Å². The zero-order valence-electron chi connectivity index (χ0n) is 22.3. The smallest absolute Gasteiger partial charge is 0.244 e. The lowest BCUT2D eigenvalue weighted by Crippen LogP contribution is -2.53. The van der Waals surface area contributed by atoms with Crippen molar-refractivity contribution in [3.63, 3.8) is 0 Å². The Hall–Kier alpha value is -2.78. The number of benzene rings is 3. The van der Waals surface area contributed by atoms with Crippen LogP contribution in [-0.4, -0.2) is 50.5 Å². The number of anilines is 1. The molecule has 214 valence electrons. The van der Waals surface area contributed by atoms with Gasteiger partial charge < -0.3 is 10.2 Å². The molecule has 0 heterocycles. The van der Waals surface area contributed by atoms with E-state index < -0.39 is 28.5 Å². The minimum absolute atomic E-state index is 0.108. The van der Waals surface area contributed by atoms with Gasteiger partial charge in [0.25, 0.3) is 0 Å². The van der Waals surface area contributed by atoms with Crippen LogP contribution in [0.3, 0.4) is 0 Å². The molecule has 40 heavy (non-hydrogen) atoms. The standard InChI is InChI=1S/C29H32Cl3N3O4S/c1-3-4-16-33-29(37)27(17-21-10-6-5-7-11-21)34(19-24-25(31)14-9-15-26(24)32)28(36)20-35(40(2,38)39)23-13-8-12-22(30)18-23/h5-15,18,27H,3-4,16-17,19-20H2,1-2H3,(H,33,37). The first-order chi connectivity index (χ1) is 19.0. The van der Waals surface area contributed by atoms with Crippen molar-refractivity contribution in [3.05, 3.63) is 99.0 Å². The molecule has 0 aliphatic rings. The Morgan fingerprint density at radius 3 is 2.17 bits per heavy atom. The number of sulfonamides is 1. The first kappa shape index (κ1) is 31.7. The van der Waals surface area contributed by atoms with Crippen molar-refractivity contribution in [3.8, 4) is 0 Å². The average molecular weight is 625 g/mol. The zero-order chi connectivity index (χ0) is 29.3. The highest BCUT2D eigenvalue weighted by Gasteiger charge is 2.33. The van der Waals surface area contributed by atoms with Gasteiger partial charge in [0.1, 0.15) is 12.6 Å². The average Bonchev–Trinajstić information content (AvgIpc) is 2.90. The molecule has 0 radical (unpaired) electrons. The van der Waals surface area contributed by atoms with Crippen LogP contribution in [-0.2, 0) is 32.6 Å². The largest absolute Gasteiger partial charge is 0.354 e. The maximum absolute atomic E-state index is 14.1. The topological polar surface area (TPSA) is 86.8 Å². The van der Waals surface area contributed by atoms with E-state index in [1.54, 1.807) is 36.4 Å². The van der Waals surface area contributed by atoms with E-state index in [9.17, 15) is 18.0 Å². The maximum Gasteiger partial charge on any atom is 0.244 e. The Morgan fingerprint density at radius 2 is 1.57 bits per heavy atom. The number of nitrogens with zero attached hydrogens (tertiary/aromatic N) is 2. The van der Waals surface area contributed by atoms with Crippen molar-refractivity contribution in [1.82, 2.24) is 10.2 Å². The van der Waals surface area contributed by atoms with Gasteiger partial charge in [-0.3, -0.25) is 13.9 Å². The summed E-state index contributed by atoms with van der Waals surface area (Å²) >= 11 is 19.1. The number of rotatable bonds is 13. The molecule has 3 rings (SSSR count). The van der Waals surface area contributed by atoms with Gasteiger partial charge in [-0.2, -0.15) is 0 Å². The first-order valence-electron chi connectivity index (χ1n) is 12.8. The van der Waals surface area contributed by atoms with Gasteiger partial charge in [0.2, 0.25) is 21.8 Å². The van der Waals surface area contributed by atoms with Crippen molar-refractivity contribution in [2.24, 2.45) is 0 Å². The van der Waals surface area contributed by atoms with E-state index in [1.807, 2.05) is 37.3 Å². The molecule has 1 N–H and O–H groups in total. The van der Waals surface area contributed by atoms with Crippen LogP contribution in [0.5, 0.6) is 0 Å². The van der Waals surface area contributed by atoms with E-state index >= 15 is 0 Å². The van der Waals surface area contributed by atoms with Crippen molar-refractivity contribution >= 4 is 62.3 Å². The molecule has 1 unspecified atom stereocenters. The summed E-state index contributed by atoms with van der Waals surface area (Å²) in [5.74, 6) is -0.963. The minimum Gasteiger partial charge on any atom is -0.354 e. The van der Waals surface area contributed by atoms with Crippen LogP contribution in [0.4, 0.5) is 5.69 Å². The summed E-state index contributed by atoms with van der Waals surface area (Å²) < 4.78 is 26.6. The number of amides is 2. The second-order valence-electron chi connectivity index (χ2n) is 9.32. The molecule has 0 aliphatic carbocycles. The summed E-state index contributed by atoms with van der Waals surface area (Å²) in [5, 5.41) is 3.89. The van der Waals surface area contributed by atoms with Crippen LogP contribution in [0, 0.1) is 0 Å². The summed E-state index contributed by atoms with van der Waals surface area (Å²) in [6, 6.07) is 19.5. The predicted octanol–water partition coefficient (Wildman–Crippen LogP) is 5.97. The van der Waals surface area contributed by atoms with Crippen LogP contribution < -0.4 is 9.62 Å². The van der Waals surface area contributed by atoms with E-state index in [-0.39, 0.29) is 24.6 Å². The van der Waals surface area contributed by atoms with Gasteiger partial charge in [-0.15, -0.1) is 0 Å². The molecule has 0 fully saturated rings. The highest BCUT2D eigenvalue weighted by Crippen LogP contribution is 2.28. The fourth-order valence-electron chi connectivity index (χ4n) is 4.16. The van der Waals surface area contributed by atoms with E-state index in [0.29, 0.717) is 27.2 Å². The molecule has 1 atom stereocenters. The number of hydrogen-bond donors (Lipinski definition) is 1. The third-order valence-corrected chi connectivity index (χ3v) is 8.35. The Kier molecular flexibility index (Phi) is 11.7. The quantitative estimate of drug-likeness (QED) is 0.238. The molecule has 0 aliphatic heterocycles. The minimum atomic E-state index is -3.90. The second-order valence-corrected chi connectivity index (χ2v) is 12.5. The van der Waals surface area contributed by atoms with Crippen LogP contribution in [0.1, 0.15) is 30.9 Å². The fraction of sp³-hybridized carbons (Fsp3) is 0.310. The normalized spacial score (nSPS) is 12.0. The van der Waals surface area contributed by atoms with Crippen LogP contribution in [0.2, 0.25) is 15.1 Å². The third-order valence-electron chi connectivity index (χ3n) is 6.27. The highest BCUT2D eigenvalue weighted by molar-refractivity contribution is 7.92. The summed E-state index contributed by atoms with van der Waals surface area (Å²) in [4.78, 5) is 29.0. The molecule has 11 heteroatoms. The van der Waals surface area contributed by atoms with Gasteiger partial charge in [-0.05, 0) is 42.3 Å². The lowest BCUT2D eigenvalue weighted by molar-refractivity contribution is -0.140. The van der Waals surface area contributed by atoms with Crippen LogP contribution >= 0.6 is 34.8 Å². The van der Waals surface area contributed by atoms with Crippen molar-refractivity contribution in [1.29, 1.82) is 0 Å². The van der Waals surface area contributed by atoms with Gasteiger partial charge in [0.15, 0.2) is 0 Å². The molecule has 3 aromatic rings. The number of unbranched alkanes of at least 4 members (excludes halogenated alkanes) is 1. The molecular weight excluding hydrogens is 593 g/mol. The van der Waals surface area contributed by atoms with Gasteiger partial charge in [0, 0.05) is 40.1 Å². The number of carbonyl (C=O) groups is 2. The molecule has 3 aromatic carbocycles. The molecule has 2 amide bonds. The number of hydrogen-bond acceptors (Lipinski definition) is 4. The summed E-state index contributed by atoms with van der Waals surface area (Å²) in [7, 11) is -3.90. The second kappa shape index (κ2) is 14.7. The molecule has 0 bridgehead atoms. The zero-order valence-corrected chi connectivity index (χ0v) is 25.4. The first-order valence-corrected chi connectivity index (χ1v) is 15.8. The van der Waals surface area contributed by atoms with Crippen molar-refractivity contribution in [2.45, 2.75) is 38.8 Å². The van der Waals surface area contributed by atoms with Gasteiger partial charge >= 0.3 is 0 Å². The summed E-state index contributed by atoms with van der Waals surface area (Å²) in [6.45, 7) is 1.78. The molecule has 0 saturated carbocycles. The van der Waals surface area contributed by atoms with Gasteiger partial charge in [0.05, 0.1) is 11.9 Å². The van der Waals surface area contributed by atoms with E-state index in [0.717, 1.165) is 29.0 Å². The Bertz CT molecular complexity index is 1400. The summed E-state index contributed by atoms with van der Waals surface area (Å²) in [6.07, 6.45) is 2.85. The summed E-state index contributed by atoms with van der Waals surface area (Å²) in [5.41, 5.74) is 1.51. The highest BCUT2D eigenvalue weighted by atomic mass is 35.5. The van der Waals surface area contributed by atoms with E-state index in [4.69, 9.17) is 34.8 Å². The Morgan fingerprint density at radius 1 is 0.925 bits per heavy atom.